The van der Waals surface area contributed by atoms with Gasteiger partial charge in [-0.25, -0.2) is 0 Å². The van der Waals surface area contributed by atoms with E-state index in [4.69, 9.17) is 14.2 Å². The fraction of sp³-hybridized carbons (Fsp3) is 0.458. The molecule has 1 atom stereocenters. The molecule has 2 fully saturated rings. The van der Waals surface area contributed by atoms with Crippen molar-refractivity contribution in [1.82, 2.24) is 24.8 Å². The number of ether oxygens (including phenoxy) is 3. The van der Waals surface area contributed by atoms with Crippen LogP contribution in [0.2, 0.25) is 0 Å². The number of anilines is 2. The van der Waals surface area contributed by atoms with Crippen molar-refractivity contribution in [3.8, 4) is 11.6 Å². The minimum Gasteiger partial charge on any atom is -0.495 e. The molecular formula is C24H27F3N6O4. The Morgan fingerprint density at radius 1 is 1.22 bits per heavy atom. The van der Waals surface area contributed by atoms with Crippen molar-refractivity contribution in [3.05, 3.63) is 35.5 Å². The number of likely N-dealkylation sites (N-methyl/N-ethyl adjacent to an activating group) is 1. The predicted molar refractivity (Wildman–Crippen MR) is 128 cm³/mol. The van der Waals surface area contributed by atoms with Crippen molar-refractivity contribution >= 4 is 28.6 Å². The minimum atomic E-state index is -4.61. The number of piperazine rings is 1. The third kappa shape index (κ3) is 5.27. The number of alkyl halides is 3. The van der Waals surface area contributed by atoms with Crippen LogP contribution in [-0.2, 0) is 10.9 Å². The van der Waals surface area contributed by atoms with Crippen molar-refractivity contribution < 1.29 is 32.2 Å². The van der Waals surface area contributed by atoms with Gasteiger partial charge in [0.05, 0.1) is 37.0 Å². The second kappa shape index (κ2) is 10.1. The minimum absolute atomic E-state index is 0.00781. The van der Waals surface area contributed by atoms with Gasteiger partial charge >= 0.3 is 6.18 Å². The zero-order chi connectivity index (χ0) is 26.2. The molecule has 2 N–H and O–H groups in total. The standard InChI is InChI=1S/C24H27F3N6O4/c1-32-6-8-33(9-7-32)22(34)14-3-4-17(18(11-14)35-2)29-23-30-20-19(16(12-28-20)24(25,26)27)21(31-23)37-15-5-10-36-13-15/h3-4,11-12,15H,5-10,13H2,1-2H3,(H2,28,29,30,31). The van der Waals surface area contributed by atoms with Crippen LogP contribution >= 0.6 is 0 Å². The lowest BCUT2D eigenvalue weighted by atomic mass is 10.1. The van der Waals surface area contributed by atoms with Gasteiger partial charge in [0.1, 0.15) is 17.5 Å². The number of methoxy groups -OCH3 is 1. The fourth-order valence-corrected chi connectivity index (χ4v) is 4.37. The Morgan fingerprint density at radius 3 is 2.68 bits per heavy atom. The summed E-state index contributed by atoms with van der Waals surface area (Å²) >= 11 is 0. The van der Waals surface area contributed by atoms with Gasteiger partial charge in [-0.1, -0.05) is 0 Å². The molecule has 2 saturated heterocycles. The molecule has 10 nitrogen and oxygen atoms in total. The number of carbonyl (C=O) groups is 1. The molecule has 0 aliphatic carbocycles. The van der Waals surface area contributed by atoms with Gasteiger partial charge in [-0.3, -0.25) is 4.79 Å². The first-order chi connectivity index (χ1) is 17.7. The van der Waals surface area contributed by atoms with E-state index in [1.165, 1.54) is 7.11 Å². The number of halogens is 3. The highest BCUT2D eigenvalue weighted by Gasteiger charge is 2.36. The third-order valence-corrected chi connectivity index (χ3v) is 6.46. The van der Waals surface area contributed by atoms with Gasteiger partial charge in [0.25, 0.3) is 5.91 Å². The zero-order valence-electron chi connectivity index (χ0n) is 20.4. The molecule has 5 rings (SSSR count). The highest BCUT2D eigenvalue weighted by Crippen LogP contribution is 2.39. The van der Waals surface area contributed by atoms with E-state index < -0.39 is 17.8 Å². The Morgan fingerprint density at radius 2 is 2.00 bits per heavy atom. The van der Waals surface area contributed by atoms with Gasteiger partial charge in [-0.2, -0.15) is 23.1 Å². The van der Waals surface area contributed by atoms with Crippen LogP contribution in [0.5, 0.6) is 11.6 Å². The van der Waals surface area contributed by atoms with Crippen LogP contribution in [0.1, 0.15) is 22.3 Å². The normalized spacial score (nSPS) is 18.8. The molecule has 0 radical (unpaired) electrons. The van der Waals surface area contributed by atoms with Crippen molar-refractivity contribution in [2.45, 2.75) is 18.7 Å². The summed E-state index contributed by atoms with van der Waals surface area (Å²) in [7, 11) is 3.48. The van der Waals surface area contributed by atoms with Gasteiger partial charge < -0.3 is 34.3 Å². The molecule has 198 valence electrons. The number of aromatic amines is 1. The molecule has 1 amide bonds. The molecular weight excluding hydrogens is 493 g/mol. The fourth-order valence-electron chi connectivity index (χ4n) is 4.37. The van der Waals surface area contributed by atoms with Gasteiger partial charge in [-0.15, -0.1) is 0 Å². The maximum Gasteiger partial charge on any atom is 0.418 e. The van der Waals surface area contributed by atoms with Crippen LogP contribution in [0.25, 0.3) is 11.0 Å². The molecule has 2 aliphatic rings. The lowest BCUT2D eigenvalue weighted by molar-refractivity contribution is -0.136. The van der Waals surface area contributed by atoms with E-state index >= 15 is 0 Å². The van der Waals surface area contributed by atoms with Crippen LogP contribution in [-0.4, -0.2) is 90.3 Å². The number of rotatable bonds is 6. The summed E-state index contributed by atoms with van der Waals surface area (Å²) in [6.07, 6.45) is -3.65. The molecule has 13 heteroatoms. The van der Waals surface area contributed by atoms with E-state index in [0.717, 1.165) is 19.3 Å². The van der Waals surface area contributed by atoms with Crippen LogP contribution in [0.4, 0.5) is 24.8 Å². The van der Waals surface area contributed by atoms with Crippen molar-refractivity contribution in [1.29, 1.82) is 0 Å². The number of fused-ring (bicyclic) bond motifs is 1. The highest BCUT2D eigenvalue weighted by molar-refractivity contribution is 5.95. The van der Waals surface area contributed by atoms with Gasteiger partial charge in [0, 0.05) is 44.4 Å². The Kier molecular flexibility index (Phi) is 6.82. The first-order valence-electron chi connectivity index (χ1n) is 11.9. The summed E-state index contributed by atoms with van der Waals surface area (Å²) in [4.78, 5) is 28.0. The summed E-state index contributed by atoms with van der Waals surface area (Å²) in [5.74, 6) is 0.0693. The lowest BCUT2D eigenvalue weighted by Crippen LogP contribution is -2.47. The first kappa shape index (κ1) is 25.1. The van der Waals surface area contributed by atoms with E-state index in [1.54, 1.807) is 23.1 Å². The second-order valence-corrected chi connectivity index (χ2v) is 9.02. The molecule has 1 aromatic carbocycles. The van der Waals surface area contributed by atoms with Crippen LogP contribution < -0.4 is 14.8 Å². The zero-order valence-corrected chi connectivity index (χ0v) is 20.4. The van der Waals surface area contributed by atoms with Crippen LogP contribution in [0.15, 0.2) is 24.4 Å². The van der Waals surface area contributed by atoms with Gasteiger partial charge in [-0.05, 0) is 25.2 Å². The van der Waals surface area contributed by atoms with Gasteiger partial charge in [0.2, 0.25) is 11.8 Å². The monoisotopic (exact) mass is 520 g/mol. The molecule has 4 heterocycles. The summed E-state index contributed by atoms with van der Waals surface area (Å²) in [5.41, 5.74) is -0.0332. The molecule has 0 bridgehead atoms. The largest absolute Gasteiger partial charge is 0.495 e. The second-order valence-electron chi connectivity index (χ2n) is 9.02. The van der Waals surface area contributed by atoms with E-state index in [9.17, 15) is 18.0 Å². The number of H-pyrrole nitrogens is 1. The average Bonchev–Trinajstić information content (AvgIpc) is 3.54. The van der Waals surface area contributed by atoms with E-state index in [-0.39, 0.29) is 35.4 Å². The Hall–Kier alpha value is -3.58. The topological polar surface area (TPSA) is 105 Å². The lowest BCUT2D eigenvalue weighted by Gasteiger charge is -2.32. The Balaban J connectivity index is 1.44. The summed E-state index contributed by atoms with van der Waals surface area (Å²) in [6, 6.07) is 4.93. The quantitative estimate of drug-likeness (QED) is 0.511. The summed E-state index contributed by atoms with van der Waals surface area (Å²) in [6.45, 7) is 3.59. The maximum atomic E-state index is 13.6. The number of hydrogen-bond donors (Lipinski definition) is 2. The van der Waals surface area contributed by atoms with Crippen molar-refractivity contribution in [2.24, 2.45) is 0 Å². The van der Waals surface area contributed by atoms with Crippen LogP contribution in [0, 0.1) is 0 Å². The number of benzene rings is 1. The van der Waals surface area contributed by atoms with E-state index in [0.29, 0.717) is 43.1 Å². The number of nitrogens with one attached hydrogen (secondary N) is 2. The Labute approximate surface area is 210 Å². The maximum absolute atomic E-state index is 13.6. The van der Waals surface area contributed by atoms with Crippen LogP contribution in [0.3, 0.4) is 0 Å². The molecule has 1 unspecified atom stereocenters. The molecule has 2 aromatic heterocycles. The molecule has 2 aliphatic heterocycles. The summed E-state index contributed by atoms with van der Waals surface area (Å²) in [5, 5.41) is 2.74. The van der Waals surface area contributed by atoms with Crippen molar-refractivity contribution in [3.63, 3.8) is 0 Å². The number of aromatic nitrogens is 3. The van der Waals surface area contributed by atoms with Crippen molar-refractivity contribution in [2.75, 3.05) is 58.9 Å². The third-order valence-electron chi connectivity index (χ3n) is 6.46. The number of carbonyl (C=O) groups excluding carboxylic acids is 1. The average molecular weight is 521 g/mol. The molecule has 3 aromatic rings. The number of amides is 1. The van der Waals surface area contributed by atoms with E-state index in [1.807, 2.05) is 7.05 Å². The molecule has 0 spiro atoms. The summed E-state index contributed by atoms with van der Waals surface area (Å²) < 4.78 is 57.5. The van der Waals surface area contributed by atoms with E-state index in [2.05, 4.69) is 25.2 Å². The molecule has 37 heavy (non-hydrogen) atoms. The molecule has 0 saturated carbocycles. The Bertz CT molecular complexity index is 1280. The number of nitrogens with zero attached hydrogens (tertiary/aromatic N) is 4. The number of hydrogen-bond acceptors (Lipinski definition) is 8. The van der Waals surface area contributed by atoms with Gasteiger partial charge in [0.15, 0.2) is 0 Å². The SMILES string of the molecule is COc1cc(C(=O)N2CCN(C)CC2)ccc1Nc1nc(OC2CCOC2)c2c(C(F)(F)F)c[nH]c2n1. The highest BCUT2D eigenvalue weighted by atomic mass is 19.4. The first-order valence-corrected chi connectivity index (χ1v) is 11.9. The smallest absolute Gasteiger partial charge is 0.418 e. The predicted octanol–water partition coefficient (Wildman–Crippen LogP) is 3.28.